The van der Waals surface area contributed by atoms with Crippen LogP contribution in [0.5, 0.6) is 0 Å². The number of allylic oxidation sites excluding steroid dienone is 1. The molecule has 0 aliphatic carbocycles. The Morgan fingerprint density at radius 3 is 1.86 bits per heavy atom. The molecule has 0 bridgehead atoms. The fraction of sp³-hybridized carbons (Fsp3) is 0.200. The maximum atomic E-state index is 12.6. The molecule has 1 aliphatic heterocycles. The number of nitrogens with zero attached hydrogens (tertiary/aromatic N) is 2. The summed E-state index contributed by atoms with van der Waals surface area (Å²) >= 11 is 0. The highest BCUT2D eigenvalue weighted by molar-refractivity contribution is 6.06. The monoisotopic (exact) mass is 481 g/mol. The number of carbonyl (C=O) groups is 2. The van der Waals surface area contributed by atoms with Crippen LogP contribution in [0.1, 0.15) is 32.6 Å². The van der Waals surface area contributed by atoms with Crippen LogP contribution in [-0.4, -0.2) is 52.9 Å². The zero-order valence-corrected chi connectivity index (χ0v) is 20.2. The largest absolute Gasteiger partial charge is 0.297 e. The number of carbonyl (C=O) groups excluding carboxylic acids is 2. The van der Waals surface area contributed by atoms with Crippen molar-refractivity contribution in [3.8, 4) is 0 Å². The Bertz CT molecular complexity index is 1210. The smallest absolute Gasteiger partial charge is 0.267 e. The number of rotatable bonds is 9. The van der Waals surface area contributed by atoms with E-state index in [-0.39, 0.29) is 5.78 Å². The van der Waals surface area contributed by atoms with Crippen molar-refractivity contribution < 1.29 is 14.8 Å². The number of hydroxylamine groups is 1. The minimum atomic E-state index is -0.597. The number of amides is 1. The molecule has 0 spiro atoms. The Hall–Kier alpha value is -3.84. The van der Waals surface area contributed by atoms with Crippen LogP contribution in [0, 0.1) is 0 Å². The summed E-state index contributed by atoms with van der Waals surface area (Å²) in [5, 5.41) is 8.57. The van der Waals surface area contributed by atoms with Crippen molar-refractivity contribution in [3.05, 3.63) is 119 Å². The van der Waals surface area contributed by atoms with E-state index in [1.165, 1.54) is 17.2 Å². The minimum absolute atomic E-state index is 0.0586. The van der Waals surface area contributed by atoms with Crippen LogP contribution in [0.15, 0.2) is 91.0 Å². The lowest BCUT2D eigenvalue weighted by atomic mass is 10.1. The van der Waals surface area contributed by atoms with Crippen LogP contribution >= 0.6 is 0 Å². The van der Waals surface area contributed by atoms with Gasteiger partial charge in [-0.05, 0) is 40.5 Å². The van der Waals surface area contributed by atoms with Crippen molar-refractivity contribution in [1.82, 2.24) is 15.3 Å². The molecule has 1 heterocycles. The third kappa shape index (κ3) is 7.58. The molecule has 2 N–H and O–H groups in total. The van der Waals surface area contributed by atoms with E-state index in [9.17, 15) is 9.59 Å². The number of hydrogen-bond donors (Lipinski definition) is 2. The molecule has 6 heteroatoms. The van der Waals surface area contributed by atoms with Gasteiger partial charge in [0.25, 0.3) is 5.91 Å². The second kappa shape index (κ2) is 12.7. The summed E-state index contributed by atoms with van der Waals surface area (Å²) in [5.74, 6) is -0.656. The van der Waals surface area contributed by atoms with E-state index in [1.807, 2.05) is 48.5 Å². The molecule has 1 saturated heterocycles. The van der Waals surface area contributed by atoms with Gasteiger partial charge in [-0.1, -0.05) is 78.9 Å². The van der Waals surface area contributed by atoms with Gasteiger partial charge >= 0.3 is 0 Å². The third-order valence-electron chi connectivity index (χ3n) is 6.23. The normalized spacial score (nSPS) is 14.9. The second-order valence-corrected chi connectivity index (χ2v) is 8.91. The molecule has 0 atom stereocenters. The Morgan fingerprint density at radius 2 is 1.28 bits per heavy atom. The lowest BCUT2D eigenvalue weighted by Crippen LogP contribution is -2.45. The average Bonchev–Trinajstić information content (AvgIpc) is 2.92. The topological polar surface area (TPSA) is 72.9 Å². The molecule has 4 rings (SSSR count). The van der Waals surface area contributed by atoms with Gasteiger partial charge in [0.2, 0.25) is 0 Å². The van der Waals surface area contributed by atoms with Gasteiger partial charge in [0.1, 0.15) is 0 Å². The molecule has 3 aromatic rings. The summed E-state index contributed by atoms with van der Waals surface area (Å²) in [6.45, 7) is 6.08. The highest BCUT2D eigenvalue weighted by atomic mass is 16.5. The SMILES string of the molecule is O=C(C=Cc1cccc(C=CC(=O)c2ccc(CN3CCN(Cc4ccccc4)CC3)cc2)c1)NO. The minimum Gasteiger partial charge on any atom is -0.297 e. The predicted octanol–water partition coefficient (Wildman–Crippen LogP) is 4.42. The summed E-state index contributed by atoms with van der Waals surface area (Å²) in [7, 11) is 0. The quantitative estimate of drug-likeness (QED) is 0.205. The molecule has 3 aromatic carbocycles. The number of benzene rings is 3. The van der Waals surface area contributed by atoms with Crippen molar-refractivity contribution in [1.29, 1.82) is 0 Å². The van der Waals surface area contributed by atoms with Gasteiger partial charge in [-0.15, -0.1) is 0 Å². The average molecular weight is 482 g/mol. The molecular weight excluding hydrogens is 450 g/mol. The first-order valence-corrected chi connectivity index (χ1v) is 12.1. The molecule has 0 saturated carbocycles. The molecule has 0 unspecified atom stereocenters. The lowest BCUT2D eigenvalue weighted by Gasteiger charge is -2.34. The van der Waals surface area contributed by atoms with Gasteiger partial charge in [-0.25, -0.2) is 5.48 Å². The molecular formula is C30H31N3O3. The van der Waals surface area contributed by atoms with Crippen LogP contribution in [-0.2, 0) is 17.9 Å². The number of ketones is 1. The number of hydrogen-bond acceptors (Lipinski definition) is 5. The molecule has 0 radical (unpaired) electrons. The van der Waals surface area contributed by atoms with Gasteiger partial charge < -0.3 is 0 Å². The van der Waals surface area contributed by atoms with Crippen molar-refractivity contribution in [3.63, 3.8) is 0 Å². The first kappa shape index (κ1) is 25.3. The van der Waals surface area contributed by atoms with Gasteiger partial charge in [-0.2, -0.15) is 0 Å². The number of piperazine rings is 1. The van der Waals surface area contributed by atoms with Crippen LogP contribution in [0.25, 0.3) is 12.2 Å². The highest BCUT2D eigenvalue weighted by Crippen LogP contribution is 2.14. The number of nitrogens with one attached hydrogen (secondary N) is 1. The molecule has 184 valence electrons. The Morgan fingerprint density at radius 1 is 0.722 bits per heavy atom. The summed E-state index contributed by atoms with van der Waals surface area (Å²) in [6, 6.07) is 25.9. The van der Waals surface area contributed by atoms with E-state index in [0.29, 0.717) is 5.56 Å². The molecule has 36 heavy (non-hydrogen) atoms. The Labute approximate surface area is 212 Å². The van der Waals surface area contributed by atoms with Crippen LogP contribution in [0.2, 0.25) is 0 Å². The maximum Gasteiger partial charge on any atom is 0.267 e. The van der Waals surface area contributed by atoms with Crippen molar-refractivity contribution >= 4 is 23.8 Å². The fourth-order valence-electron chi connectivity index (χ4n) is 4.22. The molecule has 1 amide bonds. The van der Waals surface area contributed by atoms with E-state index < -0.39 is 5.91 Å². The first-order valence-electron chi connectivity index (χ1n) is 12.1. The van der Waals surface area contributed by atoms with Crippen LogP contribution < -0.4 is 5.48 Å². The summed E-state index contributed by atoms with van der Waals surface area (Å²) in [6.07, 6.45) is 6.14. The van der Waals surface area contributed by atoms with Gasteiger partial charge in [-0.3, -0.25) is 24.6 Å². The van der Waals surface area contributed by atoms with Gasteiger partial charge in [0.15, 0.2) is 5.78 Å². The fourth-order valence-corrected chi connectivity index (χ4v) is 4.22. The second-order valence-electron chi connectivity index (χ2n) is 8.91. The lowest BCUT2D eigenvalue weighted by molar-refractivity contribution is -0.124. The maximum absolute atomic E-state index is 12.6. The summed E-state index contributed by atoms with van der Waals surface area (Å²) in [5.41, 5.74) is 6.41. The van der Waals surface area contributed by atoms with Crippen LogP contribution in [0.4, 0.5) is 0 Å². The van der Waals surface area contributed by atoms with Crippen molar-refractivity contribution in [2.45, 2.75) is 13.1 Å². The zero-order chi connectivity index (χ0) is 25.2. The molecule has 6 nitrogen and oxygen atoms in total. The van der Waals surface area contributed by atoms with Gasteiger partial charge in [0, 0.05) is 50.9 Å². The van der Waals surface area contributed by atoms with Crippen LogP contribution in [0.3, 0.4) is 0 Å². The van der Waals surface area contributed by atoms with Crippen molar-refractivity contribution in [2.24, 2.45) is 0 Å². The van der Waals surface area contributed by atoms with E-state index in [2.05, 4.69) is 40.1 Å². The Kier molecular flexibility index (Phi) is 8.94. The van der Waals surface area contributed by atoms with E-state index in [0.717, 1.165) is 50.4 Å². The summed E-state index contributed by atoms with van der Waals surface area (Å²) in [4.78, 5) is 28.7. The standard InChI is InChI=1S/C30H31N3O3/c34-29(15-11-24-7-4-8-25(21-24)12-16-30(35)31-36)28-13-9-27(10-14-28)23-33-19-17-32(18-20-33)22-26-5-2-1-3-6-26/h1-16,21,36H,17-20,22-23H2,(H,31,35). The third-order valence-corrected chi connectivity index (χ3v) is 6.23. The molecule has 1 fully saturated rings. The first-order chi connectivity index (χ1) is 17.6. The van der Waals surface area contributed by atoms with Crippen molar-refractivity contribution in [2.75, 3.05) is 26.2 Å². The predicted molar refractivity (Wildman–Crippen MR) is 142 cm³/mol. The molecule has 1 aliphatic rings. The summed E-state index contributed by atoms with van der Waals surface area (Å²) < 4.78 is 0. The molecule has 0 aromatic heterocycles. The zero-order valence-electron chi connectivity index (χ0n) is 20.2. The van der Waals surface area contributed by atoms with E-state index in [4.69, 9.17) is 5.21 Å². The highest BCUT2D eigenvalue weighted by Gasteiger charge is 2.17. The van der Waals surface area contributed by atoms with Gasteiger partial charge in [0.05, 0.1) is 0 Å². The Balaban J connectivity index is 1.26. The van der Waals surface area contributed by atoms with E-state index in [1.54, 1.807) is 23.7 Å². The van der Waals surface area contributed by atoms with E-state index >= 15 is 0 Å².